The van der Waals surface area contributed by atoms with Gasteiger partial charge in [0, 0.05) is 30.6 Å². The molecule has 3 aliphatic carbocycles. The van der Waals surface area contributed by atoms with Gasteiger partial charge in [0.15, 0.2) is 0 Å². The fourth-order valence-corrected chi connectivity index (χ4v) is 8.38. The van der Waals surface area contributed by atoms with Crippen LogP contribution in [0.5, 0.6) is 0 Å². The Bertz CT molecular complexity index is 1550. The summed E-state index contributed by atoms with van der Waals surface area (Å²) in [5, 5.41) is 6.46. The van der Waals surface area contributed by atoms with Crippen LogP contribution in [0.1, 0.15) is 102 Å². The number of nitrogens with zero attached hydrogens (tertiary/aromatic N) is 1. The number of furan rings is 1. The van der Waals surface area contributed by atoms with Gasteiger partial charge < -0.3 is 34.2 Å². The molecule has 4 aliphatic rings. The van der Waals surface area contributed by atoms with Crippen molar-refractivity contribution in [3.8, 4) is 0 Å². The number of halogens is 1. The molecule has 3 amide bonds. The number of amides is 3. The normalized spacial score (nSPS) is 27.5. The van der Waals surface area contributed by atoms with E-state index >= 15 is 0 Å². The number of fused-ring (bicyclic) bond motifs is 1. The lowest BCUT2D eigenvalue weighted by atomic mass is 9.75. The standard InChI is InChI=1S/C39H54FN3O8/c1-39(2,3)51-38(47)42-31(21-40)25-7-9-26(10-8-25)36(45)43-18-17-30(24-11-14-29(48-4)15-12-24)34(43)35(44)41-28-13-16-32-27(19-28)20-33(50-32)37(46)49-22-23-5-6-23/h13,16,19-20,23-26,29-31,34H,5-12,14-15,17-18,21-22H2,1-4H3,(H,41,44)(H,42,47)/t24?,25-,26-,29?,30-,31+,34-/m0/s1. The lowest BCUT2D eigenvalue weighted by Crippen LogP contribution is -2.50. The second-order valence-electron chi connectivity index (χ2n) is 16.1. The van der Waals surface area contributed by atoms with Crippen LogP contribution < -0.4 is 10.6 Å². The number of likely N-dealkylation sites (tertiary alicyclic amines) is 1. The van der Waals surface area contributed by atoms with E-state index in [1.807, 2.05) is 0 Å². The second kappa shape index (κ2) is 15.9. The van der Waals surface area contributed by atoms with Gasteiger partial charge in [0.2, 0.25) is 17.6 Å². The molecule has 0 radical (unpaired) electrons. The molecule has 2 N–H and O–H groups in total. The molecule has 0 spiro atoms. The Labute approximate surface area is 299 Å². The number of alkyl halides is 1. The van der Waals surface area contributed by atoms with Crippen molar-refractivity contribution < 1.29 is 42.2 Å². The summed E-state index contributed by atoms with van der Waals surface area (Å²) in [6.07, 6.45) is 8.54. The number of esters is 1. The lowest BCUT2D eigenvalue weighted by Gasteiger charge is -2.38. The molecular weight excluding hydrogens is 657 g/mol. The van der Waals surface area contributed by atoms with Gasteiger partial charge in [-0.2, -0.15) is 0 Å². The van der Waals surface area contributed by atoms with Gasteiger partial charge in [0.1, 0.15) is 23.9 Å². The van der Waals surface area contributed by atoms with E-state index in [1.165, 1.54) is 0 Å². The Morgan fingerprint density at radius 3 is 2.33 bits per heavy atom. The van der Waals surface area contributed by atoms with Gasteiger partial charge in [-0.1, -0.05) is 0 Å². The molecule has 51 heavy (non-hydrogen) atoms. The summed E-state index contributed by atoms with van der Waals surface area (Å²) in [6.45, 7) is 5.48. The minimum atomic E-state index is -0.708. The van der Waals surface area contributed by atoms with Gasteiger partial charge in [-0.15, -0.1) is 0 Å². The number of anilines is 1. The molecule has 1 saturated heterocycles. The summed E-state index contributed by atoms with van der Waals surface area (Å²) in [5.41, 5.74) is 0.389. The van der Waals surface area contributed by atoms with E-state index in [2.05, 4.69) is 10.6 Å². The molecule has 2 aromatic rings. The minimum absolute atomic E-state index is 0.0162. The van der Waals surface area contributed by atoms with Gasteiger partial charge in [-0.05, 0) is 139 Å². The van der Waals surface area contributed by atoms with Crippen LogP contribution in [0.25, 0.3) is 11.0 Å². The maximum Gasteiger partial charge on any atom is 0.407 e. The van der Waals surface area contributed by atoms with Crippen molar-refractivity contribution in [2.75, 3.05) is 32.3 Å². The predicted octanol–water partition coefficient (Wildman–Crippen LogP) is 7.03. The molecule has 4 fully saturated rings. The van der Waals surface area contributed by atoms with Crippen molar-refractivity contribution in [3.05, 3.63) is 30.0 Å². The average molecular weight is 712 g/mol. The van der Waals surface area contributed by atoms with Crippen molar-refractivity contribution in [2.24, 2.45) is 29.6 Å². The maximum absolute atomic E-state index is 14.3. The number of rotatable bonds is 11. The molecule has 2 heterocycles. The molecule has 0 bridgehead atoms. The molecule has 0 unspecified atom stereocenters. The Balaban J connectivity index is 1.13. The molecule has 6 rings (SSSR count). The van der Waals surface area contributed by atoms with Gasteiger partial charge in [-0.3, -0.25) is 9.59 Å². The van der Waals surface area contributed by atoms with Gasteiger partial charge in [0.05, 0.1) is 18.8 Å². The zero-order valence-corrected chi connectivity index (χ0v) is 30.4. The Hall–Kier alpha value is -3.67. The first-order valence-electron chi connectivity index (χ1n) is 18.8. The summed E-state index contributed by atoms with van der Waals surface area (Å²) in [4.78, 5) is 55.1. The minimum Gasteiger partial charge on any atom is -0.460 e. The Morgan fingerprint density at radius 1 is 0.961 bits per heavy atom. The van der Waals surface area contributed by atoms with Crippen LogP contribution in [0, 0.1) is 29.6 Å². The van der Waals surface area contributed by atoms with E-state index in [4.69, 9.17) is 18.6 Å². The first-order valence-corrected chi connectivity index (χ1v) is 18.8. The highest BCUT2D eigenvalue weighted by Gasteiger charge is 2.47. The third-order valence-corrected chi connectivity index (χ3v) is 11.3. The SMILES string of the molecule is COC1CCC([C@@H]2CCN(C(=O)[C@H]3CC[C@H]([C@@H](CF)NC(=O)OC(C)(C)C)CC3)[C@@H]2C(=O)Nc2ccc3oc(C(=O)OCC4CC4)cc3c2)CC1. The monoisotopic (exact) mass is 711 g/mol. The average Bonchev–Trinajstić information content (AvgIpc) is 3.67. The highest BCUT2D eigenvalue weighted by Crippen LogP contribution is 2.42. The van der Waals surface area contributed by atoms with E-state index in [9.17, 15) is 23.6 Å². The van der Waals surface area contributed by atoms with E-state index in [-0.39, 0.29) is 41.4 Å². The molecule has 11 nitrogen and oxygen atoms in total. The van der Waals surface area contributed by atoms with Crippen molar-refractivity contribution in [1.82, 2.24) is 10.2 Å². The first-order chi connectivity index (χ1) is 24.4. The predicted molar refractivity (Wildman–Crippen MR) is 189 cm³/mol. The van der Waals surface area contributed by atoms with E-state index in [1.54, 1.807) is 57.0 Å². The zero-order valence-electron chi connectivity index (χ0n) is 30.4. The summed E-state index contributed by atoms with van der Waals surface area (Å²) in [7, 11) is 1.74. The molecule has 1 aliphatic heterocycles. The largest absolute Gasteiger partial charge is 0.460 e. The van der Waals surface area contributed by atoms with Crippen LogP contribution in [-0.2, 0) is 23.8 Å². The van der Waals surface area contributed by atoms with Crippen LogP contribution >= 0.6 is 0 Å². The number of carbonyl (C=O) groups is 4. The molecule has 3 saturated carbocycles. The molecule has 3 atom stereocenters. The van der Waals surface area contributed by atoms with Crippen molar-refractivity contribution in [3.63, 3.8) is 0 Å². The van der Waals surface area contributed by atoms with Gasteiger partial charge >= 0.3 is 12.1 Å². The van der Waals surface area contributed by atoms with E-state index in [0.29, 0.717) is 67.3 Å². The third kappa shape index (κ3) is 9.23. The Kier molecular flexibility index (Phi) is 11.6. The lowest BCUT2D eigenvalue weighted by molar-refractivity contribution is -0.142. The topological polar surface area (TPSA) is 136 Å². The Morgan fingerprint density at radius 2 is 1.69 bits per heavy atom. The van der Waals surface area contributed by atoms with E-state index < -0.39 is 36.4 Å². The van der Waals surface area contributed by atoms with Crippen LogP contribution in [0.3, 0.4) is 0 Å². The van der Waals surface area contributed by atoms with E-state index in [0.717, 1.165) is 44.9 Å². The third-order valence-electron chi connectivity index (χ3n) is 11.3. The number of nitrogens with one attached hydrogen (secondary N) is 2. The molecule has 1 aromatic heterocycles. The number of alkyl carbamates (subject to hydrolysis) is 1. The van der Waals surface area contributed by atoms with Crippen LogP contribution in [0.2, 0.25) is 0 Å². The number of ether oxygens (including phenoxy) is 3. The molecular formula is C39H54FN3O8. The number of carbonyl (C=O) groups excluding carboxylic acids is 4. The number of hydrogen-bond acceptors (Lipinski definition) is 8. The number of methoxy groups -OCH3 is 1. The van der Waals surface area contributed by atoms with Crippen LogP contribution in [-0.4, -0.2) is 79.5 Å². The summed E-state index contributed by atoms with van der Waals surface area (Å²) in [5.74, 6) is -0.249. The number of hydrogen-bond donors (Lipinski definition) is 2. The van der Waals surface area contributed by atoms with Gasteiger partial charge in [-0.25, -0.2) is 14.0 Å². The van der Waals surface area contributed by atoms with Crippen molar-refractivity contribution in [2.45, 2.75) is 115 Å². The smallest absolute Gasteiger partial charge is 0.407 e. The van der Waals surface area contributed by atoms with Gasteiger partial charge in [0.25, 0.3) is 0 Å². The molecule has 12 heteroatoms. The fourth-order valence-electron chi connectivity index (χ4n) is 8.38. The van der Waals surface area contributed by atoms with Crippen molar-refractivity contribution >= 4 is 40.5 Å². The number of benzene rings is 1. The van der Waals surface area contributed by atoms with Crippen molar-refractivity contribution in [1.29, 1.82) is 0 Å². The summed E-state index contributed by atoms with van der Waals surface area (Å²) in [6, 6.07) is 5.59. The summed E-state index contributed by atoms with van der Waals surface area (Å²) >= 11 is 0. The molecule has 1 aromatic carbocycles. The molecule has 280 valence electrons. The highest BCUT2D eigenvalue weighted by molar-refractivity contribution is 6.00. The summed E-state index contributed by atoms with van der Waals surface area (Å²) < 4.78 is 36.2. The maximum atomic E-state index is 14.3. The zero-order chi connectivity index (χ0) is 36.3. The van der Waals surface area contributed by atoms with Crippen LogP contribution in [0.15, 0.2) is 28.7 Å². The second-order valence-corrected chi connectivity index (χ2v) is 16.1. The highest BCUT2D eigenvalue weighted by atomic mass is 19.1. The van der Waals surface area contributed by atoms with Crippen LogP contribution in [0.4, 0.5) is 14.9 Å². The quantitative estimate of drug-likeness (QED) is 0.237. The fraction of sp³-hybridized carbons (Fsp3) is 0.692. The first kappa shape index (κ1) is 37.1.